The summed E-state index contributed by atoms with van der Waals surface area (Å²) < 4.78 is 0. The molecule has 178 valence electrons. The van der Waals surface area contributed by atoms with E-state index in [1.807, 2.05) is 34.0 Å². The van der Waals surface area contributed by atoms with Gasteiger partial charge in [-0.3, -0.25) is 14.4 Å². The zero-order valence-electron chi connectivity index (χ0n) is 19.2. The minimum atomic E-state index is -1.03. The van der Waals surface area contributed by atoms with E-state index in [0.717, 1.165) is 0 Å². The number of carboxylic acid groups (broad SMARTS) is 1. The number of amides is 3. The Hall–Kier alpha value is -1.81. The predicted octanol–water partition coefficient (Wildman–Crippen LogP) is 0.814. The van der Waals surface area contributed by atoms with E-state index in [-0.39, 0.29) is 17.7 Å². The van der Waals surface area contributed by atoms with Crippen LogP contribution in [0.2, 0.25) is 0 Å². The Balaban J connectivity index is 3.01. The van der Waals surface area contributed by atoms with Crippen LogP contribution in [-0.2, 0) is 19.2 Å². The molecule has 1 rings (SSSR count). The van der Waals surface area contributed by atoms with Crippen molar-refractivity contribution in [1.29, 1.82) is 0 Å². The predicted molar refractivity (Wildman–Crippen MR) is 121 cm³/mol. The number of rotatable bonds is 12. The number of carbonyl (C=O) groups excluding carboxylic acids is 3. The van der Waals surface area contributed by atoms with Crippen molar-refractivity contribution in [1.82, 2.24) is 15.5 Å². The fourth-order valence-corrected chi connectivity index (χ4v) is 3.97. The highest BCUT2D eigenvalue weighted by molar-refractivity contribution is 7.98. The third kappa shape index (κ3) is 7.68. The molecule has 0 aromatic rings. The summed E-state index contributed by atoms with van der Waals surface area (Å²) in [7, 11) is 0. The summed E-state index contributed by atoms with van der Waals surface area (Å²) in [5.41, 5.74) is 5.93. The van der Waals surface area contributed by atoms with E-state index in [0.29, 0.717) is 38.0 Å². The van der Waals surface area contributed by atoms with Gasteiger partial charge in [0, 0.05) is 6.54 Å². The minimum absolute atomic E-state index is 0.0836. The van der Waals surface area contributed by atoms with E-state index in [4.69, 9.17) is 5.73 Å². The third-order valence-electron chi connectivity index (χ3n) is 5.86. The zero-order valence-corrected chi connectivity index (χ0v) is 20.0. The molecule has 1 aliphatic rings. The van der Waals surface area contributed by atoms with Crippen molar-refractivity contribution in [2.75, 3.05) is 18.6 Å². The monoisotopic (exact) mass is 458 g/mol. The maximum Gasteiger partial charge on any atom is 0.326 e. The van der Waals surface area contributed by atoms with Crippen molar-refractivity contribution < 1.29 is 24.3 Å². The van der Waals surface area contributed by atoms with E-state index in [1.54, 1.807) is 0 Å². The number of nitrogens with two attached hydrogens (primary N) is 1. The zero-order chi connectivity index (χ0) is 23.7. The lowest BCUT2D eigenvalue weighted by molar-refractivity contribution is -0.149. The molecule has 0 bridgehead atoms. The first kappa shape index (κ1) is 27.2. The number of carbonyl (C=O) groups is 4. The largest absolute Gasteiger partial charge is 0.480 e. The third-order valence-corrected chi connectivity index (χ3v) is 6.50. The van der Waals surface area contributed by atoms with Crippen LogP contribution in [0, 0.1) is 11.8 Å². The molecule has 1 saturated heterocycles. The smallest absolute Gasteiger partial charge is 0.326 e. The highest BCUT2D eigenvalue weighted by Gasteiger charge is 2.38. The molecular weight excluding hydrogens is 420 g/mol. The minimum Gasteiger partial charge on any atom is -0.480 e. The molecule has 0 saturated carbocycles. The molecular formula is C21H38N4O5S. The molecule has 0 aromatic heterocycles. The van der Waals surface area contributed by atoms with E-state index < -0.39 is 42.0 Å². The quantitative estimate of drug-likeness (QED) is 0.339. The molecule has 10 heteroatoms. The molecule has 5 atom stereocenters. The van der Waals surface area contributed by atoms with Crippen LogP contribution in [0.15, 0.2) is 0 Å². The van der Waals surface area contributed by atoms with Crippen molar-refractivity contribution in [3.05, 3.63) is 0 Å². The number of likely N-dealkylation sites (tertiary alicyclic amines) is 1. The summed E-state index contributed by atoms with van der Waals surface area (Å²) in [6.45, 7) is 7.78. The Kier molecular flexibility index (Phi) is 11.3. The summed E-state index contributed by atoms with van der Waals surface area (Å²) in [5, 5.41) is 14.9. The standard InChI is InChI=1S/C21H38N4O5S/c1-6-13(4)17(24-18(26)16(22)12(2)3)19(27)23-14(9-11-31-5)20(28)25-10-7-8-15(25)21(29)30/h12-17H,6-11,22H2,1-5H3,(H,23,27)(H,24,26)(H,29,30). The van der Waals surface area contributed by atoms with Gasteiger partial charge in [-0.25, -0.2) is 4.79 Å². The number of carboxylic acids is 1. The molecule has 5 N–H and O–H groups in total. The lowest BCUT2D eigenvalue weighted by atomic mass is 9.96. The first-order valence-electron chi connectivity index (χ1n) is 10.9. The Bertz CT molecular complexity index is 645. The maximum atomic E-state index is 13.1. The van der Waals surface area contributed by atoms with Gasteiger partial charge in [-0.15, -0.1) is 0 Å². The van der Waals surface area contributed by atoms with Crippen molar-refractivity contribution in [3.63, 3.8) is 0 Å². The molecule has 1 aliphatic heterocycles. The molecule has 3 amide bonds. The number of hydrogen-bond acceptors (Lipinski definition) is 6. The van der Waals surface area contributed by atoms with Crippen LogP contribution in [0.4, 0.5) is 0 Å². The molecule has 9 nitrogen and oxygen atoms in total. The van der Waals surface area contributed by atoms with Gasteiger partial charge in [-0.1, -0.05) is 34.1 Å². The average Bonchev–Trinajstić information content (AvgIpc) is 3.23. The van der Waals surface area contributed by atoms with Gasteiger partial charge in [-0.05, 0) is 43.1 Å². The highest BCUT2D eigenvalue weighted by Crippen LogP contribution is 2.20. The normalized spacial score (nSPS) is 20.1. The van der Waals surface area contributed by atoms with Crippen molar-refractivity contribution in [2.24, 2.45) is 17.6 Å². The van der Waals surface area contributed by atoms with Crippen LogP contribution in [0.5, 0.6) is 0 Å². The number of nitrogens with zero attached hydrogens (tertiary/aromatic N) is 1. The van der Waals surface area contributed by atoms with Gasteiger partial charge in [0.15, 0.2) is 0 Å². The summed E-state index contributed by atoms with van der Waals surface area (Å²) in [4.78, 5) is 51.6. The van der Waals surface area contributed by atoms with Crippen LogP contribution in [0.25, 0.3) is 0 Å². The summed E-state index contributed by atoms with van der Waals surface area (Å²) in [5.74, 6) is -1.91. The van der Waals surface area contributed by atoms with Gasteiger partial charge < -0.3 is 26.4 Å². The van der Waals surface area contributed by atoms with Crippen molar-refractivity contribution in [3.8, 4) is 0 Å². The molecule has 5 unspecified atom stereocenters. The fourth-order valence-electron chi connectivity index (χ4n) is 3.50. The first-order valence-corrected chi connectivity index (χ1v) is 12.3. The number of nitrogens with one attached hydrogen (secondary N) is 2. The fraction of sp³-hybridized carbons (Fsp3) is 0.810. The number of thioether (sulfide) groups is 1. The second-order valence-corrected chi connectivity index (χ2v) is 9.50. The van der Waals surface area contributed by atoms with Gasteiger partial charge in [0.05, 0.1) is 6.04 Å². The summed E-state index contributed by atoms with van der Waals surface area (Å²) >= 11 is 1.54. The van der Waals surface area contributed by atoms with E-state index in [1.165, 1.54) is 16.7 Å². The van der Waals surface area contributed by atoms with Crippen LogP contribution in [-0.4, -0.2) is 76.4 Å². The van der Waals surface area contributed by atoms with Crippen LogP contribution in [0.3, 0.4) is 0 Å². The SMILES string of the molecule is CCC(C)C(NC(=O)C(N)C(C)C)C(=O)NC(CCSC)C(=O)N1CCCC1C(=O)O. The average molecular weight is 459 g/mol. The van der Waals surface area contributed by atoms with E-state index >= 15 is 0 Å². The molecule has 0 aliphatic carbocycles. The van der Waals surface area contributed by atoms with Gasteiger partial charge in [0.2, 0.25) is 17.7 Å². The first-order chi connectivity index (χ1) is 14.5. The lowest BCUT2D eigenvalue weighted by Gasteiger charge is -2.30. The van der Waals surface area contributed by atoms with Crippen LogP contribution in [0.1, 0.15) is 53.4 Å². The molecule has 0 spiro atoms. The van der Waals surface area contributed by atoms with E-state index in [2.05, 4.69) is 10.6 Å². The van der Waals surface area contributed by atoms with Crippen molar-refractivity contribution in [2.45, 2.75) is 77.5 Å². The van der Waals surface area contributed by atoms with Gasteiger partial charge in [0.25, 0.3) is 0 Å². The molecule has 0 aromatic carbocycles. The van der Waals surface area contributed by atoms with Gasteiger partial charge in [0.1, 0.15) is 18.1 Å². The summed E-state index contributed by atoms with van der Waals surface area (Å²) in [6, 6.07) is -3.28. The summed E-state index contributed by atoms with van der Waals surface area (Å²) in [6.07, 6.45) is 3.94. The number of hydrogen-bond donors (Lipinski definition) is 4. The number of aliphatic carboxylic acids is 1. The second-order valence-electron chi connectivity index (χ2n) is 8.51. The Morgan fingerprint density at radius 3 is 2.32 bits per heavy atom. The van der Waals surface area contributed by atoms with Gasteiger partial charge >= 0.3 is 5.97 Å². The molecule has 1 heterocycles. The van der Waals surface area contributed by atoms with Crippen molar-refractivity contribution >= 4 is 35.5 Å². The molecule has 1 fully saturated rings. The topological polar surface area (TPSA) is 142 Å². The van der Waals surface area contributed by atoms with Crippen LogP contribution >= 0.6 is 11.8 Å². The highest BCUT2D eigenvalue weighted by atomic mass is 32.2. The molecule has 31 heavy (non-hydrogen) atoms. The van der Waals surface area contributed by atoms with Crippen LogP contribution < -0.4 is 16.4 Å². The Labute approximate surface area is 189 Å². The lowest BCUT2D eigenvalue weighted by Crippen LogP contribution is -2.59. The maximum absolute atomic E-state index is 13.1. The van der Waals surface area contributed by atoms with Gasteiger partial charge in [-0.2, -0.15) is 11.8 Å². The second kappa shape index (κ2) is 12.9. The Morgan fingerprint density at radius 1 is 1.16 bits per heavy atom. The van der Waals surface area contributed by atoms with E-state index in [9.17, 15) is 24.3 Å². The molecule has 0 radical (unpaired) electrons. The Morgan fingerprint density at radius 2 is 1.81 bits per heavy atom.